The van der Waals surface area contributed by atoms with Gasteiger partial charge in [-0.05, 0) is 6.42 Å². The molecular weight excluding hydrogens is 166 g/mol. The molecule has 4 nitrogen and oxygen atoms in total. The molecule has 1 rings (SSSR count). The molecule has 4 heteroatoms. The highest BCUT2D eigenvalue weighted by atomic mass is 16.1. The fourth-order valence-electron chi connectivity index (χ4n) is 1.27. The topological polar surface area (TPSA) is 57.8 Å². The monoisotopic (exact) mass is 181 g/mol. The number of nitrogens with zero attached hydrogens (tertiary/aromatic N) is 1. The van der Waals surface area contributed by atoms with E-state index < -0.39 is 0 Å². The molecular formula is C9H15N3O. The molecule has 1 atom stereocenters. The number of carbonyl (C=O) groups is 1. The fourth-order valence-corrected chi connectivity index (χ4v) is 1.27. The van der Waals surface area contributed by atoms with Crippen LogP contribution in [-0.2, 0) is 11.2 Å². The van der Waals surface area contributed by atoms with E-state index in [0.717, 1.165) is 12.2 Å². The maximum Gasteiger partial charge on any atom is 0.223 e. The second-order valence-electron chi connectivity index (χ2n) is 2.96. The standard InChI is InChI=1S/C9H15N3O/c1-3-7(9(13)10-2)6-8-11-4-5-12-8/h4-5,7H,3,6H2,1-2H3,(H,10,13)(H,11,12). The van der Waals surface area contributed by atoms with Gasteiger partial charge in [-0.2, -0.15) is 0 Å². The maximum atomic E-state index is 11.3. The summed E-state index contributed by atoms with van der Waals surface area (Å²) in [6.07, 6.45) is 4.99. The molecule has 0 bridgehead atoms. The van der Waals surface area contributed by atoms with Gasteiger partial charge in [-0.25, -0.2) is 4.98 Å². The summed E-state index contributed by atoms with van der Waals surface area (Å²) in [5, 5.41) is 2.65. The molecule has 1 aromatic rings. The van der Waals surface area contributed by atoms with E-state index in [1.54, 1.807) is 19.4 Å². The molecule has 2 N–H and O–H groups in total. The summed E-state index contributed by atoms with van der Waals surface area (Å²) in [5.74, 6) is 0.977. The Morgan fingerprint density at radius 1 is 1.77 bits per heavy atom. The second-order valence-corrected chi connectivity index (χ2v) is 2.96. The van der Waals surface area contributed by atoms with Crippen LogP contribution in [0.25, 0.3) is 0 Å². The minimum absolute atomic E-state index is 0.0242. The van der Waals surface area contributed by atoms with Gasteiger partial charge >= 0.3 is 0 Å². The SMILES string of the molecule is CCC(Cc1ncc[nH]1)C(=O)NC. The van der Waals surface area contributed by atoms with Crippen molar-refractivity contribution in [2.45, 2.75) is 19.8 Å². The molecule has 0 spiro atoms. The Labute approximate surface area is 77.8 Å². The lowest BCUT2D eigenvalue weighted by Crippen LogP contribution is -2.28. The van der Waals surface area contributed by atoms with Crippen molar-refractivity contribution in [1.29, 1.82) is 0 Å². The van der Waals surface area contributed by atoms with Crippen LogP contribution in [0.3, 0.4) is 0 Å². The number of carbonyl (C=O) groups excluding carboxylic acids is 1. The minimum atomic E-state index is 0.0242. The van der Waals surface area contributed by atoms with Crippen LogP contribution in [0.15, 0.2) is 12.4 Å². The van der Waals surface area contributed by atoms with Crippen molar-refractivity contribution in [3.63, 3.8) is 0 Å². The van der Waals surface area contributed by atoms with Crippen molar-refractivity contribution in [2.75, 3.05) is 7.05 Å². The molecule has 1 amide bonds. The highest BCUT2D eigenvalue weighted by molar-refractivity contribution is 5.78. The van der Waals surface area contributed by atoms with Crippen LogP contribution >= 0.6 is 0 Å². The summed E-state index contributed by atoms with van der Waals surface area (Å²) in [7, 11) is 1.66. The van der Waals surface area contributed by atoms with E-state index in [1.165, 1.54) is 0 Å². The van der Waals surface area contributed by atoms with Crippen LogP contribution in [0.1, 0.15) is 19.2 Å². The lowest BCUT2D eigenvalue weighted by molar-refractivity contribution is -0.124. The second kappa shape index (κ2) is 4.64. The minimum Gasteiger partial charge on any atom is -0.359 e. The third-order valence-electron chi connectivity index (χ3n) is 2.10. The number of amides is 1. The van der Waals surface area contributed by atoms with Crippen LogP contribution in [0.2, 0.25) is 0 Å². The summed E-state index contributed by atoms with van der Waals surface area (Å²) >= 11 is 0. The lowest BCUT2D eigenvalue weighted by Gasteiger charge is -2.10. The van der Waals surface area contributed by atoms with E-state index in [4.69, 9.17) is 0 Å². The molecule has 1 heterocycles. The molecule has 72 valence electrons. The number of hydrogen-bond donors (Lipinski definition) is 2. The van der Waals surface area contributed by atoms with Gasteiger partial charge in [0.15, 0.2) is 0 Å². The third-order valence-corrected chi connectivity index (χ3v) is 2.10. The predicted molar refractivity (Wildman–Crippen MR) is 50.1 cm³/mol. The Hall–Kier alpha value is -1.32. The smallest absolute Gasteiger partial charge is 0.223 e. The normalized spacial score (nSPS) is 12.5. The van der Waals surface area contributed by atoms with Gasteiger partial charge in [-0.15, -0.1) is 0 Å². The molecule has 0 aromatic carbocycles. The van der Waals surface area contributed by atoms with E-state index in [1.807, 2.05) is 6.92 Å². The molecule has 1 unspecified atom stereocenters. The zero-order chi connectivity index (χ0) is 9.68. The summed E-state index contributed by atoms with van der Waals surface area (Å²) < 4.78 is 0. The summed E-state index contributed by atoms with van der Waals surface area (Å²) in [4.78, 5) is 18.4. The molecule has 0 aliphatic rings. The van der Waals surface area contributed by atoms with E-state index >= 15 is 0 Å². The number of nitrogens with one attached hydrogen (secondary N) is 2. The quantitative estimate of drug-likeness (QED) is 0.719. The first-order valence-corrected chi connectivity index (χ1v) is 4.47. The van der Waals surface area contributed by atoms with Crippen molar-refractivity contribution in [1.82, 2.24) is 15.3 Å². The van der Waals surface area contributed by atoms with Crippen molar-refractivity contribution in [3.05, 3.63) is 18.2 Å². The fraction of sp³-hybridized carbons (Fsp3) is 0.556. The first kappa shape index (κ1) is 9.77. The van der Waals surface area contributed by atoms with E-state index in [0.29, 0.717) is 6.42 Å². The Balaban J connectivity index is 2.54. The van der Waals surface area contributed by atoms with E-state index in [2.05, 4.69) is 15.3 Å². The van der Waals surface area contributed by atoms with Crippen molar-refractivity contribution in [3.8, 4) is 0 Å². The Morgan fingerprint density at radius 2 is 2.54 bits per heavy atom. The van der Waals surface area contributed by atoms with Crippen molar-refractivity contribution < 1.29 is 4.79 Å². The van der Waals surface area contributed by atoms with Gasteiger partial charge < -0.3 is 10.3 Å². The van der Waals surface area contributed by atoms with Gasteiger partial charge in [0.05, 0.1) is 0 Å². The summed E-state index contributed by atoms with van der Waals surface area (Å²) in [6.45, 7) is 2.00. The molecule has 0 aliphatic heterocycles. The zero-order valence-electron chi connectivity index (χ0n) is 8.00. The highest BCUT2D eigenvalue weighted by Gasteiger charge is 2.16. The maximum absolute atomic E-state index is 11.3. The third kappa shape index (κ3) is 2.57. The number of aromatic amines is 1. The van der Waals surface area contributed by atoms with Crippen LogP contribution < -0.4 is 5.32 Å². The van der Waals surface area contributed by atoms with Crippen LogP contribution in [0.4, 0.5) is 0 Å². The number of aromatic nitrogens is 2. The Morgan fingerprint density at radius 3 is 3.00 bits per heavy atom. The molecule has 0 radical (unpaired) electrons. The van der Waals surface area contributed by atoms with Gasteiger partial charge in [0.2, 0.25) is 5.91 Å². The highest BCUT2D eigenvalue weighted by Crippen LogP contribution is 2.08. The Bertz CT molecular complexity index is 256. The molecule has 0 fully saturated rings. The first-order chi connectivity index (χ1) is 6.27. The van der Waals surface area contributed by atoms with Crippen LogP contribution in [-0.4, -0.2) is 22.9 Å². The van der Waals surface area contributed by atoms with Crippen LogP contribution in [0, 0.1) is 5.92 Å². The van der Waals surface area contributed by atoms with Crippen molar-refractivity contribution >= 4 is 5.91 Å². The number of H-pyrrole nitrogens is 1. The predicted octanol–water partition coefficient (Wildman–Crippen LogP) is 0.724. The molecule has 0 saturated heterocycles. The molecule has 1 aromatic heterocycles. The van der Waals surface area contributed by atoms with Gasteiger partial charge in [-0.1, -0.05) is 6.92 Å². The van der Waals surface area contributed by atoms with Gasteiger partial charge in [0, 0.05) is 31.8 Å². The Kier molecular flexibility index (Phi) is 3.49. The number of rotatable bonds is 4. The van der Waals surface area contributed by atoms with E-state index in [-0.39, 0.29) is 11.8 Å². The summed E-state index contributed by atoms with van der Waals surface area (Å²) in [5.41, 5.74) is 0. The van der Waals surface area contributed by atoms with Gasteiger partial charge in [-0.3, -0.25) is 4.79 Å². The lowest BCUT2D eigenvalue weighted by atomic mass is 10.0. The first-order valence-electron chi connectivity index (χ1n) is 4.47. The molecule has 13 heavy (non-hydrogen) atoms. The van der Waals surface area contributed by atoms with Crippen molar-refractivity contribution in [2.24, 2.45) is 5.92 Å². The average Bonchev–Trinajstić information content (AvgIpc) is 2.65. The van der Waals surface area contributed by atoms with E-state index in [9.17, 15) is 4.79 Å². The zero-order valence-corrected chi connectivity index (χ0v) is 8.00. The van der Waals surface area contributed by atoms with Crippen LogP contribution in [0.5, 0.6) is 0 Å². The van der Waals surface area contributed by atoms with Gasteiger partial charge in [0.25, 0.3) is 0 Å². The van der Waals surface area contributed by atoms with Gasteiger partial charge in [0.1, 0.15) is 5.82 Å². The number of hydrogen-bond acceptors (Lipinski definition) is 2. The molecule has 0 saturated carbocycles. The molecule has 0 aliphatic carbocycles. The number of imidazole rings is 1. The average molecular weight is 181 g/mol. The summed E-state index contributed by atoms with van der Waals surface area (Å²) in [6, 6.07) is 0. The largest absolute Gasteiger partial charge is 0.359 e.